The van der Waals surface area contributed by atoms with E-state index in [2.05, 4.69) is 0 Å². The summed E-state index contributed by atoms with van der Waals surface area (Å²) in [7, 11) is -3.73. The van der Waals surface area contributed by atoms with Gasteiger partial charge in [-0.2, -0.15) is 0 Å². The summed E-state index contributed by atoms with van der Waals surface area (Å²) in [5.74, 6) is -1.48. The fourth-order valence-electron chi connectivity index (χ4n) is 3.02. The van der Waals surface area contributed by atoms with Crippen molar-refractivity contribution in [2.24, 2.45) is 5.14 Å². The first-order valence-electron chi connectivity index (χ1n) is 8.34. The van der Waals surface area contributed by atoms with E-state index in [1.54, 1.807) is 23.5 Å². The largest absolute Gasteiger partial charge is 0.335 e. The predicted octanol–water partition coefficient (Wildman–Crippen LogP) is -0.0889. The number of nitrogens with zero attached hydrogens (tertiary/aromatic N) is 1. The third-order valence-corrected chi connectivity index (χ3v) is 5.34. The third-order valence-electron chi connectivity index (χ3n) is 4.41. The second-order valence-corrected chi connectivity index (χ2v) is 7.85. The minimum Gasteiger partial charge on any atom is -0.335 e. The number of anilines is 1. The van der Waals surface area contributed by atoms with Crippen LogP contribution in [-0.4, -0.2) is 32.8 Å². The van der Waals surface area contributed by atoms with Crippen molar-refractivity contribution in [1.29, 1.82) is 0 Å². The van der Waals surface area contributed by atoms with Crippen LogP contribution in [0.25, 0.3) is 0 Å². The van der Waals surface area contributed by atoms with E-state index >= 15 is 0 Å². The summed E-state index contributed by atoms with van der Waals surface area (Å²) in [6, 6.07) is 11.2. The molecule has 2 amide bonds. The van der Waals surface area contributed by atoms with Crippen molar-refractivity contribution in [1.82, 2.24) is 0 Å². The maximum atomic E-state index is 13.9. The highest BCUT2D eigenvalue weighted by molar-refractivity contribution is 7.89. The van der Waals surface area contributed by atoms with Gasteiger partial charge in [-0.1, -0.05) is 24.3 Å². The summed E-state index contributed by atoms with van der Waals surface area (Å²) in [5.41, 5.74) is 0.850. The minimum absolute atomic E-state index is 0.0114. The van der Waals surface area contributed by atoms with Gasteiger partial charge in [0.15, 0.2) is 6.04 Å². The molecule has 2 aromatic rings. The first kappa shape index (κ1) is 19.2. The lowest BCUT2D eigenvalue weighted by Crippen LogP contribution is -2.92. The Bertz CT molecular complexity index is 976. The van der Waals surface area contributed by atoms with Gasteiger partial charge in [0.25, 0.3) is 5.91 Å². The topological polar surface area (TPSA) is 114 Å². The van der Waals surface area contributed by atoms with Crippen molar-refractivity contribution in [2.45, 2.75) is 23.8 Å². The van der Waals surface area contributed by atoms with E-state index in [4.69, 9.17) is 5.14 Å². The number of primary sulfonamides is 1. The third kappa shape index (κ3) is 4.21. The molecular formula is C18H19FN3O4S+. The standard InChI is InChI=1S/C18H18FN3O4S/c19-14-3-1-2-4-16(14)22-17(23)11-15(18(22)24)21-10-9-12-5-7-13(8-6-12)27(20,25)26/h1-8,15,21H,9-11H2,(H2,20,25,26)/p+1/t15-/m0/s1. The van der Waals surface area contributed by atoms with E-state index in [0.29, 0.717) is 13.0 Å². The lowest BCUT2D eigenvalue weighted by atomic mass is 10.1. The second-order valence-electron chi connectivity index (χ2n) is 6.29. The smallest absolute Gasteiger partial charge is 0.292 e. The number of halogens is 1. The first-order valence-corrected chi connectivity index (χ1v) is 9.88. The Morgan fingerprint density at radius 3 is 2.41 bits per heavy atom. The summed E-state index contributed by atoms with van der Waals surface area (Å²) in [5, 5.41) is 6.80. The molecule has 1 aliphatic rings. The van der Waals surface area contributed by atoms with E-state index in [9.17, 15) is 22.4 Å². The number of amides is 2. The van der Waals surface area contributed by atoms with Gasteiger partial charge >= 0.3 is 0 Å². The SMILES string of the molecule is NS(=O)(=O)c1ccc(CC[NH2+][C@H]2CC(=O)N(c3ccccc3F)C2=O)cc1. The molecule has 0 aromatic heterocycles. The van der Waals surface area contributed by atoms with Crippen molar-refractivity contribution in [2.75, 3.05) is 11.4 Å². The average molecular weight is 392 g/mol. The highest BCUT2D eigenvalue weighted by atomic mass is 32.2. The zero-order chi connectivity index (χ0) is 19.6. The molecule has 1 aliphatic heterocycles. The van der Waals surface area contributed by atoms with Gasteiger partial charge in [-0.25, -0.2) is 22.8 Å². The van der Waals surface area contributed by atoms with E-state index in [1.165, 1.54) is 30.3 Å². The summed E-state index contributed by atoms with van der Waals surface area (Å²) in [6.45, 7) is 0.517. The predicted molar refractivity (Wildman–Crippen MR) is 95.6 cm³/mol. The molecule has 1 saturated heterocycles. The number of hydrogen-bond acceptors (Lipinski definition) is 4. The van der Waals surface area contributed by atoms with Crippen LogP contribution in [-0.2, 0) is 26.0 Å². The van der Waals surface area contributed by atoms with Crippen molar-refractivity contribution in [3.05, 3.63) is 59.9 Å². The van der Waals surface area contributed by atoms with Crippen LogP contribution in [0.4, 0.5) is 10.1 Å². The van der Waals surface area contributed by atoms with Crippen LogP contribution in [0.2, 0.25) is 0 Å². The molecule has 1 heterocycles. The number of quaternary nitrogens is 1. The number of para-hydroxylation sites is 1. The average Bonchev–Trinajstić information content (AvgIpc) is 2.89. The Balaban J connectivity index is 1.60. The van der Waals surface area contributed by atoms with Crippen molar-refractivity contribution >= 4 is 27.5 Å². The molecule has 0 radical (unpaired) electrons. The molecule has 1 atom stereocenters. The molecule has 7 nitrogen and oxygen atoms in total. The van der Waals surface area contributed by atoms with E-state index in [-0.39, 0.29) is 17.0 Å². The van der Waals surface area contributed by atoms with Crippen LogP contribution in [0.3, 0.4) is 0 Å². The van der Waals surface area contributed by atoms with Gasteiger partial charge in [0.1, 0.15) is 5.82 Å². The second kappa shape index (κ2) is 7.55. The summed E-state index contributed by atoms with van der Waals surface area (Å²) >= 11 is 0. The number of nitrogens with two attached hydrogens (primary N) is 2. The highest BCUT2D eigenvalue weighted by Crippen LogP contribution is 2.24. The van der Waals surface area contributed by atoms with Gasteiger partial charge in [-0.15, -0.1) is 0 Å². The van der Waals surface area contributed by atoms with Gasteiger partial charge < -0.3 is 5.32 Å². The number of carbonyl (C=O) groups excluding carboxylic acids is 2. The minimum atomic E-state index is -3.73. The van der Waals surface area contributed by atoms with E-state index in [0.717, 1.165) is 10.5 Å². The van der Waals surface area contributed by atoms with Crippen LogP contribution in [0.1, 0.15) is 12.0 Å². The number of imide groups is 1. The normalized spacial score (nSPS) is 17.6. The van der Waals surface area contributed by atoms with E-state index in [1.807, 2.05) is 0 Å². The fourth-order valence-corrected chi connectivity index (χ4v) is 3.54. The molecular weight excluding hydrogens is 373 g/mol. The zero-order valence-corrected chi connectivity index (χ0v) is 15.2. The van der Waals surface area contributed by atoms with Gasteiger partial charge in [-0.3, -0.25) is 9.59 Å². The Kier molecular flexibility index (Phi) is 5.36. The molecule has 3 rings (SSSR count). The Labute approximate surface area is 156 Å². The monoisotopic (exact) mass is 392 g/mol. The lowest BCUT2D eigenvalue weighted by molar-refractivity contribution is -0.674. The Morgan fingerprint density at radius 2 is 1.78 bits per heavy atom. The maximum Gasteiger partial charge on any atom is 0.292 e. The molecule has 0 aliphatic carbocycles. The summed E-state index contributed by atoms with van der Waals surface area (Å²) < 4.78 is 36.4. The van der Waals surface area contributed by atoms with Crippen molar-refractivity contribution in [3.8, 4) is 0 Å². The van der Waals surface area contributed by atoms with E-state index < -0.39 is 33.7 Å². The van der Waals surface area contributed by atoms with Crippen LogP contribution >= 0.6 is 0 Å². The number of benzene rings is 2. The van der Waals surface area contributed by atoms with Gasteiger partial charge in [-0.05, 0) is 29.8 Å². The maximum absolute atomic E-state index is 13.9. The molecule has 0 unspecified atom stereocenters. The molecule has 142 valence electrons. The van der Waals surface area contributed by atoms with Crippen LogP contribution < -0.4 is 15.4 Å². The number of rotatable bonds is 6. The highest BCUT2D eigenvalue weighted by Gasteiger charge is 2.42. The Morgan fingerprint density at radius 1 is 1.11 bits per heavy atom. The van der Waals surface area contributed by atoms with Crippen LogP contribution in [0, 0.1) is 5.82 Å². The molecule has 27 heavy (non-hydrogen) atoms. The molecule has 0 spiro atoms. The van der Waals surface area contributed by atoms with Crippen molar-refractivity contribution in [3.63, 3.8) is 0 Å². The van der Waals surface area contributed by atoms with Gasteiger partial charge in [0.2, 0.25) is 15.9 Å². The molecule has 9 heteroatoms. The van der Waals surface area contributed by atoms with Crippen molar-refractivity contribution < 1.29 is 27.7 Å². The zero-order valence-electron chi connectivity index (χ0n) is 14.3. The van der Waals surface area contributed by atoms with Gasteiger partial charge in [0, 0.05) is 6.42 Å². The Hall–Kier alpha value is -2.62. The molecule has 1 fully saturated rings. The first-order chi connectivity index (χ1) is 12.8. The summed E-state index contributed by atoms with van der Waals surface area (Å²) in [6.07, 6.45) is 0.583. The van der Waals surface area contributed by atoms with Gasteiger partial charge in [0.05, 0.1) is 23.5 Å². The number of carbonyl (C=O) groups is 2. The lowest BCUT2D eigenvalue weighted by Gasteiger charge is -2.14. The number of sulfonamides is 1. The molecule has 0 saturated carbocycles. The van der Waals surface area contributed by atoms with Crippen LogP contribution in [0.5, 0.6) is 0 Å². The molecule has 2 aromatic carbocycles. The fraction of sp³-hybridized carbons (Fsp3) is 0.222. The van der Waals surface area contributed by atoms with Crippen LogP contribution in [0.15, 0.2) is 53.4 Å². The molecule has 4 N–H and O–H groups in total. The number of hydrogen-bond donors (Lipinski definition) is 2. The quantitative estimate of drug-likeness (QED) is 0.669. The summed E-state index contributed by atoms with van der Waals surface area (Å²) in [4.78, 5) is 25.6. The molecule has 0 bridgehead atoms.